The molecule has 1 N–H and O–H groups in total. The second-order valence-electron chi connectivity index (χ2n) is 7.92. The summed E-state index contributed by atoms with van der Waals surface area (Å²) in [6, 6.07) is 10.6. The van der Waals surface area contributed by atoms with Gasteiger partial charge in [-0.1, -0.05) is 23.7 Å². The molecule has 0 spiro atoms. The number of hydrogen-bond donors (Lipinski definition) is 1. The zero-order chi connectivity index (χ0) is 27.6. The van der Waals surface area contributed by atoms with E-state index in [4.69, 9.17) is 16.3 Å². The molecule has 198 valence electrons. The lowest BCUT2D eigenvalue weighted by atomic mass is 10.1. The minimum absolute atomic E-state index is 0.173. The Balaban J connectivity index is 1.88. The number of rotatable bonds is 8. The van der Waals surface area contributed by atoms with E-state index in [0.717, 1.165) is 42.7 Å². The molecule has 7 nitrogen and oxygen atoms in total. The minimum Gasteiger partial charge on any atom is -0.456 e. The summed E-state index contributed by atoms with van der Waals surface area (Å²) in [4.78, 5) is 11.7. The van der Waals surface area contributed by atoms with Crippen molar-refractivity contribution in [2.75, 3.05) is 6.26 Å². The normalized spacial score (nSPS) is 12.3. The number of benzene rings is 3. The van der Waals surface area contributed by atoms with Crippen molar-refractivity contribution in [2.24, 2.45) is 0 Å². The molecule has 0 unspecified atom stereocenters. The number of amides is 1. The van der Waals surface area contributed by atoms with Gasteiger partial charge in [0, 0.05) is 0 Å². The van der Waals surface area contributed by atoms with Gasteiger partial charge in [0.15, 0.2) is 9.84 Å². The Labute approximate surface area is 215 Å². The monoisotopic (exact) mass is 579 g/mol. The van der Waals surface area contributed by atoms with Gasteiger partial charge in [-0.05, 0) is 59.7 Å². The molecule has 37 heavy (non-hydrogen) atoms. The highest BCUT2D eigenvalue weighted by Crippen LogP contribution is 2.37. The zero-order valence-electron chi connectivity index (χ0n) is 18.8. The van der Waals surface area contributed by atoms with Crippen LogP contribution in [0.2, 0.25) is 5.02 Å². The lowest BCUT2D eigenvalue weighted by Gasteiger charge is -2.14. The first-order chi connectivity index (χ1) is 17.0. The van der Waals surface area contributed by atoms with Gasteiger partial charge in [-0.15, -0.1) is 0 Å². The molecule has 0 bridgehead atoms. The maximum atomic E-state index is 13.4. The Bertz CT molecular complexity index is 1540. The first kappa shape index (κ1) is 28.4. The largest absolute Gasteiger partial charge is 0.456 e. The fraction of sp³-hybridized carbons (Fsp3) is 0.174. The van der Waals surface area contributed by atoms with E-state index >= 15 is 0 Å². The highest BCUT2D eigenvalue weighted by atomic mass is 35.5. The molecule has 0 heterocycles. The van der Waals surface area contributed by atoms with Gasteiger partial charge in [-0.2, -0.15) is 13.2 Å². The van der Waals surface area contributed by atoms with Crippen molar-refractivity contribution in [1.82, 2.24) is 4.72 Å². The van der Waals surface area contributed by atoms with Gasteiger partial charge in [0.1, 0.15) is 17.3 Å². The third-order valence-corrected chi connectivity index (χ3v) is 7.30. The van der Waals surface area contributed by atoms with Crippen molar-refractivity contribution in [1.29, 1.82) is 0 Å². The van der Waals surface area contributed by atoms with Crippen molar-refractivity contribution in [3.63, 3.8) is 0 Å². The number of alkyl halides is 3. The van der Waals surface area contributed by atoms with Crippen LogP contribution in [-0.2, 0) is 43.0 Å². The number of halogens is 5. The van der Waals surface area contributed by atoms with E-state index in [9.17, 15) is 39.2 Å². The van der Waals surface area contributed by atoms with Crippen molar-refractivity contribution < 1.29 is 43.9 Å². The number of sulfone groups is 1. The molecule has 3 rings (SSSR count). The summed E-state index contributed by atoms with van der Waals surface area (Å²) in [5.41, 5.74) is -1.03. The molecule has 0 aliphatic carbocycles. The quantitative estimate of drug-likeness (QED) is 0.381. The number of hydrogen-bond acceptors (Lipinski definition) is 6. The summed E-state index contributed by atoms with van der Waals surface area (Å²) in [5, 5.41) is -0.228. The molecule has 0 radical (unpaired) electrons. The molecule has 3 aromatic carbocycles. The van der Waals surface area contributed by atoms with Gasteiger partial charge in [-0.25, -0.2) is 21.2 Å². The predicted molar refractivity (Wildman–Crippen MR) is 127 cm³/mol. The maximum absolute atomic E-state index is 13.4. The topological polar surface area (TPSA) is 107 Å². The number of nitrogens with one attached hydrogen (secondary N) is 1. The van der Waals surface area contributed by atoms with Crippen molar-refractivity contribution in [2.45, 2.75) is 23.2 Å². The fourth-order valence-corrected chi connectivity index (χ4v) is 5.32. The molecule has 0 fully saturated rings. The average molecular weight is 580 g/mol. The highest BCUT2D eigenvalue weighted by molar-refractivity contribution is 7.90. The van der Waals surface area contributed by atoms with E-state index in [1.165, 1.54) is 12.1 Å². The van der Waals surface area contributed by atoms with E-state index in [2.05, 4.69) is 0 Å². The summed E-state index contributed by atoms with van der Waals surface area (Å²) in [5.74, 6) is -2.58. The SMILES string of the molecule is CS(=O)(=O)NC(=O)Cc1cc(Oc2ccc(S(=O)(=O)Cc3ccc(F)cc3)cc2Cl)cc(C(F)(F)F)c1. The highest BCUT2D eigenvalue weighted by Gasteiger charge is 2.32. The minimum atomic E-state index is -4.82. The van der Waals surface area contributed by atoms with Crippen molar-refractivity contribution in [3.05, 3.63) is 88.2 Å². The summed E-state index contributed by atoms with van der Waals surface area (Å²) in [7, 11) is -7.83. The van der Waals surface area contributed by atoms with Crippen LogP contribution in [0.5, 0.6) is 11.5 Å². The summed E-state index contributed by atoms with van der Waals surface area (Å²) in [6.45, 7) is 0. The second-order valence-corrected chi connectivity index (χ2v) is 12.1. The smallest absolute Gasteiger partial charge is 0.416 e. The van der Waals surface area contributed by atoms with Gasteiger partial charge < -0.3 is 4.74 Å². The lowest BCUT2D eigenvalue weighted by Crippen LogP contribution is -2.30. The Morgan fingerprint density at radius 1 is 0.946 bits per heavy atom. The van der Waals surface area contributed by atoms with Gasteiger partial charge in [0.2, 0.25) is 15.9 Å². The number of carbonyl (C=O) groups is 1. The van der Waals surface area contributed by atoms with Gasteiger partial charge in [0.25, 0.3) is 0 Å². The van der Waals surface area contributed by atoms with E-state index in [1.54, 1.807) is 4.72 Å². The van der Waals surface area contributed by atoms with Crippen LogP contribution in [0.3, 0.4) is 0 Å². The molecule has 0 saturated carbocycles. The van der Waals surface area contributed by atoms with E-state index in [1.807, 2.05) is 0 Å². The molecule has 3 aromatic rings. The number of sulfonamides is 1. The number of carbonyl (C=O) groups excluding carboxylic acids is 1. The van der Waals surface area contributed by atoms with Gasteiger partial charge >= 0.3 is 6.18 Å². The first-order valence-corrected chi connectivity index (χ1v) is 14.1. The molecule has 0 atom stereocenters. The van der Waals surface area contributed by atoms with Crippen LogP contribution in [-0.4, -0.2) is 29.0 Å². The van der Waals surface area contributed by atoms with Crippen LogP contribution in [0.4, 0.5) is 17.6 Å². The molecule has 0 aliphatic rings. The molecular weight excluding hydrogens is 562 g/mol. The number of ether oxygens (including phenoxy) is 1. The van der Waals surface area contributed by atoms with Gasteiger partial charge in [0.05, 0.1) is 33.9 Å². The molecule has 0 saturated heterocycles. The molecule has 1 amide bonds. The Morgan fingerprint density at radius 3 is 2.16 bits per heavy atom. The summed E-state index contributed by atoms with van der Waals surface area (Å²) in [6.07, 6.45) is -4.79. The van der Waals surface area contributed by atoms with Gasteiger partial charge in [-0.3, -0.25) is 9.52 Å². The Morgan fingerprint density at radius 2 is 1.59 bits per heavy atom. The zero-order valence-corrected chi connectivity index (χ0v) is 21.2. The molecule has 0 aliphatic heterocycles. The molecule has 0 aromatic heterocycles. The summed E-state index contributed by atoms with van der Waals surface area (Å²) < 4.78 is 108. The van der Waals surface area contributed by atoms with Crippen LogP contribution in [0.25, 0.3) is 0 Å². The van der Waals surface area contributed by atoms with Crippen LogP contribution >= 0.6 is 11.6 Å². The molecular formula is C23H18ClF4NO6S2. The molecule has 14 heteroatoms. The second kappa shape index (κ2) is 10.7. The first-order valence-electron chi connectivity index (χ1n) is 10.2. The van der Waals surface area contributed by atoms with Crippen molar-refractivity contribution in [3.8, 4) is 11.5 Å². The Kier molecular flexibility index (Phi) is 8.20. The third-order valence-electron chi connectivity index (χ3n) is 4.72. The van der Waals surface area contributed by atoms with Crippen LogP contribution in [0, 0.1) is 5.82 Å². The van der Waals surface area contributed by atoms with Crippen LogP contribution in [0.15, 0.2) is 65.6 Å². The fourth-order valence-electron chi connectivity index (χ4n) is 3.18. The van der Waals surface area contributed by atoms with E-state index in [-0.39, 0.29) is 27.0 Å². The summed E-state index contributed by atoms with van der Waals surface area (Å²) >= 11 is 6.14. The predicted octanol–water partition coefficient (Wildman–Crippen LogP) is 4.88. The van der Waals surface area contributed by atoms with Crippen LogP contribution in [0.1, 0.15) is 16.7 Å². The lowest BCUT2D eigenvalue weighted by molar-refractivity contribution is -0.137. The van der Waals surface area contributed by atoms with Crippen molar-refractivity contribution >= 4 is 37.4 Å². The Hall–Kier alpha value is -3.16. The van der Waals surface area contributed by atoms with Crippen LogP contribution < -0.4 is 9.46 Å². The third kappa shape index (κ3) is 8.17. The standard InChI is InChI=1S/C23H18ClF4NO6S2/c1-36(31,32)29-22(30)10-15-8-16(23(26,27)28)11-18(9-15)35-21-7-6-19(12-20(21)24)37(33,34)13-14-2-4-17(25)5-3-14/h2-9,11-12H,10,13H2,1H3,(H,29,30). The van der Waals surface area contributed by atoms with E-state index in [0.29, 0.717) is 17.7 Å². The maximum Gasteiger partial charge on any atom is 0.416 e. The van der Waals surface area contributed by atoms with E-state index < -0.39 is 55.5 Å². The average Bonchev–Trinajstić information content (AvgIpc) is 2.74.